The molecule has 0 bridgehead atoms. The fourth-order valence-electron chi connectivity index (χ4n) is 1.18. The van der Waals surface area contributed by atoms with Crippen LogP contribution in [0.2, 0.25) is 0 Å². The highest BCUT2D eigenvalue weighted by molar-refractivity contribution is 7.85. The standard InChI is InChI=1S/C10H12O4S/c1-3-4-8-5-6-9(14-2)7-10(8)15(11,12)13/h3-7H,1-2H3,(H,11,12,13)/b4-3+. The summed E-state index contributed by atoms with van der Waals surface area (Å²) in [5, 5.41) is 0. The predicted octanol–water partition coefficient (Wildman–Crippen LogP) is 1.97. The van der Waals surface area contributed by atoms with Crippen LogP contribution in [0.3, 0.4) is 0 Å². The van der Waals surface area contributed by atoms with E-state index in [0.717, 1.165) is 0 Å². The average Bonchev–Trinajstić information content (AvgIpc) is 2.17. The molecule has 82 valence electrons. The molecule has 1 N–H and O–H groups in total. The van der Waals surface area contributed by atoms with Gasteiger partial charge < -0.3 is 4.74 Å². The van der Waals surface area contributed by atoms with E-state index < -0.39 is 10.1 Å². The van der Waals surface area contributed by atoms with Crippen LogP contribution in [0.15, 0.2) is 29.2 Å². The second-order valence-corrected chi connectivity index (χ2v) is 4.27. The van der Waals surface area contributed by atoms with Crippen molar-refractivity contribution in [1.82, 2.24) is 0 Å². The molecule has 1 aromatic rings. The van der Waals surface area contributed by atoms with Crippen LogP contribution in [0.1, 0.15) is 12.5 Å². The van der Waals surface area contributed by atoms with Gasteiger partial charge in [-0.2, -0.15) is 8.42 Å². The Morgan fingerprint density at radius 2 is 2.07 bits per heavy atom. The molecule has 0 aliphatic carbocycles. The van der Waals surface area contributed by atoms with Crippen LogP contribution in [-0.2, 0) is 10.1 Å². The Morgan fingerprint density at radius 1 is 1.40 bits per heavy atom. The number of ether oxygens (including phenoxy) is 1. The Kier molecular flexibility index (Phi) is 3.49. The van der Waals surface area contributed by atoms with E-state index in [9.17, 15) is 8.42 Å². The monoisotopic (exact) mass is 228 g/mol. The van der Waals surface area contributed by atoms with Gasteiger partial charge in [-0.3, -0.25) is 4.55 Å². The van der Waals surface area contributed by atoms with E-state index in [4.69, 9.17) is 9.29 Å². The summed E-state index contributed by atoms with van der Waals surface area (Å²) in [5.41, 5.74) is 0.431. The van der Waals surface area contributed by atoms with Crippen LogP contribution < -0.4 is 4.74 Å². The van der Waals surface area contributed by atoms with Crippen molar-refractivity contribution in [2.45, 2.75) is 11.8 Å². The minimum atomic E-state index is -4.22. The Labute approximate surface area is 88.9 Å². The number of rotatable bonds is 3. The number of hydrogen-bond donors (Lipinski definition) is 1. The van der Waals surface area contributed by atoms with E-state index in [2.05, 4.69) is 0 Å². The zero-order valence-electron chi connectivity index (χ0n) is 8.47. The molecule has 0 atom stereocenters. The predicted molar refractivity (Wildman–Crippen MR) is 57.5 cm³/mol. The summed E-state index contributed by atoms with van der Waals surface area (Å²) in [6.07, 6.45) is 3.29. The third-order valence-corrected chi connectivity index (χ3v) is 2.75. The molecule has 1 aromatic carbocycles. The summed E-state index contributed by atoms with van der Waals surface area (Å²) < 4.78 is 36.0. The summed E-state index contributed by atoms with van der Waals surface area (Å²) in [6, 6.07) is 4.48. The molecule has 0 fully saturated rings. The Balaban J connectivity index is 3.42. The lowest BCUT2D eigenvalue weighted by Gasteiger charge is -2.05. The van der Waals surface area contributed by atoms with Crippen molar-refractivity contribution in [3.63, 3.8) is 0 Å². The number of allylic oxidation sites excluding steroid dienone is 1. The minimum Gasteiger partial charge on any atom is -0.497 e. The maximum atomic E-state index is 11.1. The smallest absolute Gasteiger partial charge is 0.295 e. The molecule has 1 rings (SSSR count). The number of methoxy groups -OCH3 is 1. The van der Waals surface area contributed by atoms with Gasteiger partial charge in [0.1, 0.15) is 10.6 Å². The SMILES string of the molecule is C/C=C/c1ccc(OC)cc1S(=O)(=O)O. The highest BCUT2D eigenvalue weighted by atomic mass is 32.2. The fourth-order valence-corrected chi connectivity index (χ4v) is 1.88. The molecule has 0 heterocycles. The molecule has 4 nitrogen and oxygen atoms in total. The lowest BCUT2D eigenvalue weighted by atomic mass is 10.2. The van der Waals surface area contributed by atoms with Crippen molar-refractivity contribution in [2.24, 2.45) is 0 Å². The van der Waals surface area contributed by atoms with E-state index in [1.165, 1.54) is 13.2 Å². The highest BCUT2D eigenvalue weighted by Gasteiger charge is 2.14. The van der Waals surface area contributed by atoms with Crippen LogP contribution in [-0.4, -0.2) is 20.1 Å². The number of benzene rings is 1. The van der Waals surface area contributed by atoms with Crippen LogP contribution >= 0.6 is 0 Å². The first-order valence-electron chi connectivity index (χ1n) is 4.27. The first-order valence-corrected chi connectivity index (χ1v) is 5.71. The molecule has 0 unspecified atom stereocenters. The van der Waals surface area contributed by atoms with Gasteiger partial charge in [-0.25, -0.2) is 0 Å². The van der Waals surface area contributed by atoms with Gasteiger partial charge in [0.05, 0.1) is 7.11 Å². The molecule has 0 spiro atoms. The fraction of sp³-hybridized carbons (Fsp3) is 0.200. The third-order valence-electron chi connectivity index (χ3n) is 1.84. The van der Waals surface area contributed by atoms with Gasteiger partial charge >= 0.3 is 0 Å². The zero-order chi connectivity index (χ0) is 11.5. The topological polar surface area (TPSA) is 63.6 Å². The molecular formula is C10H12O4S. The van der Waals surface area contributed by atoms with Crippen LogP contribution in [0.25, 0.3) is 6.08 Å². The molecule has 0 aliphatic heterocycles. The maximum Gasteiger partial charge on any atom is 0.295 e. The van der Waals surface area contributed by atoms with Crippen molar-refractivity contribution in [3.8, 4) is 5.75 Å². The van der Waals surface area contributed by atoms with Crippen molar-refractivity contribution in [2.75, 3.05) is 7.11 Å². The molecule has 0 aliphatic rings. The summed E-state index contributed by atoms with van der Waals surface area (Å²) >= 11 is 0. The van der Waals surface area contributed by atoms with E-state index in [1.54, 1.807) is 31.2 Å². The van der Waals surface area contributed by atoms with E-state index in [1.807, 2.05) is 0 Å². The highest BCUT2D eigenvalue weighted by Crippen LogP contribution is 2.22. The molecule has 15 heavy (non-hydrogen) atoms. The molecule has 0 saturated carbocycles. The van der Waals surface area contributed by atoms with Crippen molar-refractivity contribution < 1.29 is 17.7 Å². The summed E-state index contributed by atoms with van der Waals surface area (Å²) in [6.45, 7) is 1.76. The van der Waals surface area contributed by atoms with E-state index >= 15 is 0 Å². The largest absolute Gasteiger partial charge is 0.497 e. The van der Waals surface area contributed by atoms with Gasteiger partial charge in [0, 0.05) is 6.07 Å². The zero-order valence-corrected chi connectivity index (χ0v) is 9.28. The second-order valence-electron chi connectivity index (χ2n) is 2.88. The molecule has 0 radical (unpaired) electrons. The van der Waals surface area contributed by atoms with Crippen molar-refractivity contribution >= 4 is 16.2 Å². The van der Waals surface area contributed by atoms with Gasteiger partial charge in [-0.1, -0.05) is 12.2 Å². The minimum absolute atomic E-state index is 0.153. The quantitative estimate of drug-likeness (QED) is 0.803. The number of hydrogen-bond acceptors (Lipinski definition) is 3. The van der Waals surface area contributed by atoms with Crippen LogP contribution in [0.4, 0.5) is 0 Å². The molecular weight excluding hydrogens is 216 g/mol. The molecule has 0 amide bonds. The molecule has 5 heteroatoms. The summed E-state index contributed by atoms with van der Waals surface area (Å²) in [4.78, 5) is -0.153. The Morgan fingerprint density at radius 3 is 2.53 bits per heavy atom. The van der Waals surface area contributed by atoms with Crippen molar-refractivity contribution in [1.29, 1.82) is 0 Å². The first-order chi connectivity index (χ1) is 6.99. The van der Waals surface area contributed by atoms with E-state index in [-0.39, 0.29) is 4.90 Å². The third kappa shape index (κ3) is 2.81. The Hall–Kier alpha value is -1.33. The van der Waals surface area contributed by atoms with Crippen LogP contribution in [0, 0.1) is 0 Å². The first kappa shape index (κ1) is 11.7. The average molecular weight is 228 g/mol. The Bertz CT molecular complexity index is 474. The van der Waals surface area contributed by atoms with Crippen molar-refractivity contribution in [3.05, 3.63) is 29.8 Å². The second kappa shape index (κ2) is 4.46. The lowest BCUT2D eigenvalue weighted by molar-refractivity contribution is 0.412. The van der Waals surface area contributed by atoms with Gasteiger partial charge in [-0.15, -0.1) is 0 Å². The van der Waals surface area contributed by atoms with Gasteiger partial charge in [0.15, 0.2) is 0 Å². The van der Waals surface area contributed by atoms with Gasteiger partial charge in [0.2, 0.25) is 0 Å². The normalized spacial score (nSPS) is 11.9. The van der Waals surface area contributed by atoms with Crippen LogP contribution in [0.5, 0.6) is 5.75 Å². The van der Waals surface area contributed by atoms with Gasteiger partial charge in [-0.05, 0) is 24.6 Å². The molecule has 0 aromatic heterocycles. The summed E-state index contributed by atoms with van der Waals surface area (Å²) in [5.74, 6) is 0.385. The maximum absolute atomic E-state index is 11.1. The lowest BCUT2D eigenvalue weighted by Crippen LogP contribution is -2.01. The van der Waals surface area contributed by atoms with Gasteiger partial charge in [0.25, 0.3) is 10.1 Å². The molecule has 0 saturated heterocycles. The van der Waals surface area contributed by atoms with E-state index in [0.29, 0.717) is 11.3 Å². The summed E-state index contributed by atoms with van der Waals surface area (Å²) in [7, 11) is -2.79.